The highest BCUT2D eigenvalue weighted by atomic mass is 14.3. The van der Waals surface area contributed by atoms with Crippen molar-refractivity contribution in [3.05, 3.63) is 48.0 Å². The summed E-state index contributed by atoms with van der Waals surface area (Å²) < 4.78 is 0. The maximum Gasteiger partial charge on any atom is 0.00198 e. The molecule has 16 heavy (non-hydrogen) atoms. The lowest BCUT2D eigenvalue weighted by Crippen LogP contribution is -2.12. The molecule has 0 spiro atoms. The highest BCUT2D eigenvalue weighted by molar-refractivity contribution is 5.27. The molecule has 0 heterocycles. The Labute approximate surface area is 99.4 Å². The van der Waals surface area contributed by atoms with E-state index in [0.29, 0.717) is 5.92 Å². The minimum atomic E-state index is 0.518. The van der Waals surface area contributed by atoms with Crippen LogP contribution in [0.2, 0.25) is 0 Å². The molecule has 0 saturated heterocycles. The van der Waals surface area contributed by atoms with Gasteiger partial charge in [-0.15, -0.1) is 0 Å². The summed E-state index contributed by atoms with van der Waals surface area (Å²) in [4.78, 5) is 0. The second-order valence-electron chi connectivity index (χ2n) is 5.04. The first kappa shape index (κ1) is 11.4. The van der Waals surface area contributed by atoms with Gasteiger partial charge in [0, 0.05) is 5.92 Å². The molecule has 2 rings (SSSR count). The molecule has 1 aliphatic rings. The monoisotopic (exact) mass is 214 g/mol. The van der Waals surface area contributed by atoms with Crippen molar-refractivity contribution in [2.75, 3.05) is 0 Å². The second-order valence-corrected chi connectivity index (χ2v) is 5.04. The number of hydrogen-bond acceptors (Lipinski definition) is 0. The number of allylic oxidation sites excluding steroid dienone is 1. The van der Waals surface area contributed by atoms with Crippen molar-refractivity contribution in [3.8, 4) is 0 Å². The summed E-state index contributed by atoms with van der Waals surface area (Å²) in [7, 11) is 0. The van der Waals surface area contributed by atoms with E-state index in [-0.39, 0.29) is 0 Å². The predicted octanol–water partition coefficient (Wildman–Crippen LogP) is 4.93. The van der Waals surface area contributed by atoms with Gasteiger partial charge >= 0.3 is 0 Å². The van der Waals surface area contributed by atoms with Gasteiger partial charge in [-0.3, -0.25) is 0 Å². The Balaban J connectivity index is 2.04. The molecule has 1 saturated carbocycles. The summed E-state index contributed by atoms with van der Waals surface area (Å²) in [5.41, 5.74) is 2.86. The average Bonchev–Trinajstić information content (AvgIpc) is 2.39. The molecular weight excluding hydrogens is 192 g/mol. The van der Waals surface area contributed by atoms with Crippen molar-refractivity contribution < 1.29 is 0 Å². The van der Waals surface area contributed by atoms with Crippen molar-refractivity contribution in [1.29, 1.82) is 0 Å². The third-order valence-electron chi connectivity index (χ3n) is 3.99. The lowest BCUT2D eigenvalue weighted by Gasteiger charge is -2.27. The Hall–Kier alpha value is -1.04. The van der Waals surface area contributed by atoms with Crippen molar-refractivity contribution in [1.82, 2.24) is 0 Å². The molecular formula is C16H22. The van der Waals surface area contributed by atoms with Gasteiger partial charge in [-0.25, -0.2) is 0 Å². The van der Waals surface area contributed by atoms with Crippen molar-refractivity contribution in [2.24, 2.45) is 5.92 Å². The van der Waals surface area contributed by atoms with Gasteiger partial charge < -0.3 is 0 Å². The summed E-state index contributed by atoms with van der Waals surface area (Å²) >= 11 is 0. The van der Waals surface area contributed by atoms with E-state index in [1.54, 1.807) is 0 Å². The highest BCUT2D eigenvalue weighted by Gasteiger charge is 2.20. The van der Waals surface area contributed by atoms with Gasteiger partial charge in [0.05, 0.1) is 0 Å². The third kappa shape index (κ3) is 2.55. The Morgan fingerprint density at radius 2 is 1.75 bits per heavy atom. The Bertz CT molecular complexity index is 330. The second kappa shape index (κ2) is 5.34. The van der Waals surface area contributed by atoms with Gasteiger partial charge in [-0.1, -0.05) is 68.7 Å². The lowest BCUT2D eigenvalue weighted by atomic mass is 9.78. The van der Waals surface area contributed by atoms with E-state index < -0.39 is 0 Å². The quantitative estimate of drug-likeness (QED) is 0.626. The molecule has 0 amide bonds. The molecule has 1 unspecified atom stereocenters. The van der Waals surface area contributed by atoms with Crippen molar-refractivity contribution in [2.45, 2.75) is 44.9 Å². The molecule has 1 aliphatic carbocycles. The van der Waals surface area contributed by atoms with Crippen LogP contribution in [0.25, 0.3) is 0 Å². The van der Waals surface area contributed by atoms with Crippen LogP contribution in [0, 0.1) is 5.92 Å². The van der Waals surface area contributed by atoms with Gasteiger partial charge in [0.25, 0.3) is 0 Å². The number of benzene rings is 1. The smallest absolute Gasteiger partial charge is 0.00198 e. The highest BCUT2D eigenvalue weighted by Crippen LogP contribution is 2.36. The van der Waals surface area contributed by atoms with Gasteiger partial charge in [0.2, 0.25) is 0 Å². The van der Waals surface area contributed by atoms with Gasteiger partial charge in [-0.2, -0.15) is 0 Å². The Kier molecular flexibility index (Phi) is 3.82. The standard InChI is InChI=1S/C16H22/c1-13(15-9-5-3-6-10-15)14(2)16-11-7-4-8-12-16/h4,7-8,11-12,14-15H,1,3,5-6,9-10H2,2H3. The van der Waals surface area contributed by atoms with Crippen LogP contribution in [0.3, 0.4) is 0 Å². The van der Waals surface area contributed by atoms with E-state index in [1.165, 1.54) is 43.2 Å². The summed E-state index contributed by atoms with van der Waals surface area (Å²) in [5, 5.41) is 0. The van der Waals surface area contributed by atoms with Gasteiger partial charge in [0.1, 0.15) is 0 Å². The fourth-order valence-corrected chi connectivity index (χ4v) is 2.78. The minimum absolute atomic E-state index is 0.518. The van der Waals surface area contributed by atoms with E-state index in [2.05, 4.69) is 43.8 Å². The van der Waals surface area contributed by atoms with Crippen LogP contribution >= 0.6 is 0 Å². The maximum absolute atomic E-state index is 4.35. The lowest BCUT2D eigenvalue weighted by molar-refractivity contribution is 0.391. The van der Waals surface area contributed by atoms with Crippen LogP contribution in [0.5, 0.6) is 0 Å². The predicted molar refractivity (Wildman–Crippen MR) is 70.6 cm³/mol. The van der Waals surface area contributed by atoms with E-state index in [9.17, 15) is 0 Å². The topological polar surface area (TPSA) is 0 Å². The summed E-state index contributed by atoms with van der Waals surface area (Å²) in [6.45, 7) is 6.65. The normalized spacial score (nSPS) is 19.3. The number of rotatable bonds is 3. The molecule has 0 aliphatic heterocycles. The van der Waals surface area contributed by atoms with Crippen molar-refractivity contribution >= 4 is 0 Å². The molecule has 86 valence electrons. The summed E-state index contributed by atoms with van der Waals surface area (Å²) in [5.74, 6) is 1.29. The van der Waals surface area contributed by atoms with E-state index >= 15 is 0 Å². The Morgan fingerprint density at radius 3 is 2.38 bits per heavy atom. The largest absolute Gasteiger partial charge is 0.0990 e. The molecule has 1 fully saturated rings. The molecule has 0 nitrogen and oxygen atoms in total. The zero-order valence-electron chi connectivity index (χ0n) is 10.3. The molecule has 0 radical (unpaired) electrons. The summed E-state index contributed by atoms with van der Waals surface area (Å²) in [6, 6.07) is 10.8. The minimum Gasteiger partial charge on any atom is -0.0990 e. The zero-order chi connectivity index (χ0) is 11.4. The van der Waals surface area contributed by atoms with E-state index in [1.807, 2.05) is 0 Å². The van der Waals surface area contributed by atoms with Crippen LogP contribution in [0.4, 0.5) is 0 Å². The van der Waals surface area contributed by atoms with Gasteiger partial charge in [0.15, 0.2) is 0 Å². The van der Waals surface area contributed by atoms with Crippen LogP contribution in [0.15, 0.2) is 42.5 Å². The number of hydrogen-bond donors (Lipinski definition) is 0. The molecule has 1 aromatic rings. The van der Waals surface area contributed by atoms with E-state index in [0.717, 1.165) is 5.92 Å². The molecule has 1 atom stereocenters. The molecule has 0 N–H and O–H groups in total. The third-order valence-corrected chi connectivity index (χ3v) is 3.99. The van der Waals surface area contributed by atoms with Crippen molar-refractivity contribution in [3.63, 3.8) is 0 Å². The zero-order valence-corrected chi connectivity index (χ0v) is 10.3. The first-order valence-electron chi connectivity index (χ1n) is 6.52. The molecule has 1 aromatic carbocycles. The Morgan fingerprint density at radius 1 is 1.12 bits per heavy atom. The molecule has 0 aromatic heterocycles. The van der Waals surface area contributed by atoms with Crippen LogP contribution in [-0.4, -0.2) is 0 Å². The first-order chi connectivity index (χ1) is 7.79. The summed E-state index contributed by atoms with van der Waals surface area (Å²) in [6.07, 6.45) is 6.92. The molecule has 0 bridgehead atoms. The fraction of sp³-hybridized carbons (Fsp3) is 0.500. The fourth-order valence-electron chi connectivity index (χ4n) is 2.78. The first-order valence-corrected chi connectivity index (χ1v) is 6.52. The maximum atomic E-state index is 4.35. The van der Waals surface area contributed by atoms with Crippen LogP contribution < -0.4 is 0 Å². The average molecular weight is 214 g/mol. The van der Waals surface area contributed by atoms with E-state index in [4.69, 9.17) is 0 Å². The van der Waals surface area contributed by atoms with Crippen LogP contribution in [0.1, 0.15) is 50.5 Å². The van der Waals surface area contributed by atoms with Gasteiger partial charge in [-0.05, 0) is 24.3 Å². The van der Waals surface area contributed by atoms with Crippen LogP contribution in [-0.2, 0) is 0 Å². The molecule has 0 heteroatoms. The SMILES string of the molecule is C=C(C1CCCCC1)C(C)c1ccccc1.